The fraction of sp³-hybridized carbons (Fsp3) is 0.200. The lowest BCUT2D eigenvalue weighted by Crippen LogP contribution is -2.27. The Morgan fingerprint density at radius 2 is 2.32 bits per heavy atom. The SMILES string of the molecule is CCOC(=O)c1ncccc1Oc1ccc2c(c1)COB2O. The Hall–Kier alpha value is -2.38. The van der Waals surface area contributed by atoms with E-state index < -0.39 is 13.1 Å². The van der Waals surface area contributed by atoms with Crippen LogP contribution in [0.15, 0.2) is 36.5 Å². The van der Waals surface area contributed by atoms with Gasteiger partial charge < -0.3 is 19.2 Å². The average Bonchev–Trinajstić information content (AvgIpc) is 2.89. The first-order chi connectivity index (χ1) is 10.7. The van der Waals surface area contributed by atoms with Crippen molar-refractivity contribution >= 4 is 18.6 Å². The molecule has 1 N–H and O–H groups in total. The van der Waals surface area contributed by atoms with Crippen molar-refractivity contribution in [3.05, 3.63) is 47.8 Å². The topological polar surface area (TPSA) is 77.9 Å². The Morgan fingerprint density at radius 3 is 3.14 bits per heavy atom. The number of hydrogen-bond donors (Lipinski definition) is 1. The number of benzene rings is 1. The largest absolute Gasteiger partial charge is 0.491 e. The maximum atomic E-state index is 11.9. The first-order valence-corrected chi connectivity index (χ1v) is 6.91. The highest BCUT2D eigenvalue weighted by Gasteiger charge is 2.27. The maximum Gasteiger partial charge on any atom is 0.491 e. The van der Waals surface area contributed by atoms with E-state index in [9.17, 15) is 9.82 Å². The van der Waals surface area contributed by atoms with Gasteiger partial charge in [0.2, 0.25) is 0 Å². The summed E-state index contributed by atoms with van der Waals surface area (Å²) in [5, 5.41) is 9.60. The van der Waals surface area contributed by atoms with Crippen LogP contribution in [0.2, 0.25) is 0 Å². The van der Waals surface area contributed by atoms with Gasteiger partial charge in [-0.05, 0) is 42.2 Å². The number of hydrogen-bond acceptors (Lipinski definition) is 6. The van der Waals surface area contributed by atoms with Crippen LogP contribution in [0.4, 0.5) is 0 Å². The summed E-state index contributed by atoms with van der Waals surface area (Å²) in [6.07, 6.45) is 1.51. The molecule has 0 atom stereocenters. The molecule has 3 rings (SSSR count). The van der Waals surface area contributed by atoms with Crippen molar-refractivity contribution in [2.45, 2.75) is 13.5 Å². The molecule has 7 heteroatoms. The summed E-state index contributed by atoms with van der Waals surface area (Å²) in [6, 6.07) is 8.55. The molecule has 112 valence electrons. The molecule has 0 aliphatic carbocycles. The molecule has 0 bridgehead atoms. The lowest BCUT2D eigenvalue weighted by molar-refractivity contribution is 0.0516. The molecule has 22 heavy (non-hydrogen) atoms. The highest BCUT2D eigenvalue weighted by Crippen LogP contribution is 2.26. The Labute approximate surface area is 127 Å². The zero-order valence-corrected chi connectivity index (χ0v) is 12.0. The first kappa shape index (κ1) is 14.6. The van der Waals surface area contributed by atoms with Crippen LogP contribution >= 0.6 is 0 Å². The zero-order valence-electron chi connectivity index (χ0n) is 12.0. The number of rotatable bonds is 4. The molecular formula is C15H14BNO5. The smallest absolute Gasteiger partial charge is 0.461 e. The molecule has 0 saturated carbocycles. The lowest BCUT2D eigenvalue weighted by Gasteiger charge is -2.10. The van der Waals surface area contributed by atoms with Crippen LogP contribution in [0.1, 0.15) is 23.0 Å². The molecule has 1 aliphatic rings. The average molecular weight is 299 g/mol. The van der Waals surface area contributed by atoms with Crippen LogP contribution in [-0.4, -0.2) is 29.7 Å². The Kier molecular flexibility index (Phi) is 4.08. The van der Waals surface area contributed by atoms with E-state index in [0.717, 1.165) is 11.0 Å². The van der Waals surface area contributed by atoms with Gasteiger partial charge in [-0.25, -0.2) is 9.78 Å². The summed E-state index contributed by atoms with van der Waals surface area (Å²) in [6.45, 7) is 2.32. The summed E-state index contributed by atoms with van der Waals surface area (Å²) in [5.41, 5.74) is 1.71. The molecule has 0 unspecified atom stereocenters. The number of carbonyl (C=O) groups is 1. The van der Waals surface area contributed by atoms with Gasteiger partial charge in [-0.3, -0.25) is 0 Å². The summed E-state index contributed by atoms with van der Waals surface area (Å²) < 4.78 is 15.8. The number of nitrogens with zero attached hydrogens (tertiary/aromatic N) is 1. The molecule has 0 fully saturated rings. The van der Waals surface area contributed by atoms with Gasteiger partial charge in [0.15, 0.2) is 11.4 Å². The van der Waals surface area contributed by atoms with E-state index in [-0.39, 0.29) is 12.3 Å². The second kappa shape index (κ2) is 6.17. The van der Waals surface area contributed by atoms with E-state index in [1.165, 1.54) is 6.20 Å². The van der Waals surface area contributed by atoms with E-state index in [1.807, 2.05) is 0 Å². The van der Waals surface area contributed by atoms with E-state index in [0.29, 0.717) is 18.1 Å². The summed E-state index contributed by atoms with van der Waals surface area (Å²) in [5.74, 6) is 0.327. The zero-order chi connectivity index (χ0) is 15.5. The third-order valence-corrected chi connectivity index (χ3v) is 3.24. The van der Waals surface area contributed by atoms with Gasteiger partial charge in [0.1, 0.15) is 5.75 Å². The summed E-state index contributed by atoms with van der Waals surface area (Å²) in [7, 11) is -0.891. The van der Waals surface area contributed by atoms with Crippen LogP contribution in [0.5, 0.6) is 11.5 Å². The Balaban J connectivity index is 1.86. The van der Waals surface area contributed by atoms with Crippen LogP contribution in [0.25, 0.3) is 0 Å². The normalized spacial score (nSPS) is 12.9. The fourth-order valence-corrected chi connectivity index (χ4v) is 2.22. The number of carbonyl (C=O) groups excluding carboxylic acids is 1. The minimum absolute atomic E-state index is 0.126. The van der Waals surface area contributed by atoms with E-state index in [1.54, 1.807) is 37.3 Å². The highest BCUT2D eigenvalue weighted by atomic mass is 16.5. The number of fused-ring (bicyclic) bond motifs is 1. The molecule has 1 aromatic heterocycles. The van der Waals surface area contributed by atoms with Crippen molar-refractivity contribution in [1.82, 2.24) is 4.98 Å². The van der Waals surface area contributed by atoms with Crippen molar-refractivity contribution in [2.75, 3.05) is 6.61 Å². The van der Waals surface area contributed by atoms with Crippen molar-refractivity contribution in [2.24, 2.45) is 0 Å². The molecule has 1 aliphatic heterocycles. The Bertz CT molecular complexity index is 706. The monoisotopic (exact) mass is 299 g/mol. The first-order valence-electron chi connectivity index (χ1n) is 6.91. The second-order valence-corrected chi connectivity index (χ2v) is 4.70. The van der Waals surface area contributed by atoms with Crippen molar-refractivity contribution < 1.29 is 23.9 Å². The minimum atomic E-state index is -0.891. The minimum Gasteiger partial charge on any atom is -0.461 e. The van der Waals surface area contributed by atoms with E-state index >= 15 is 0 Å². The summed E-state index contributed by atoms with van der Waals surface area (Å²) in [4.78, 5) is 15.9. The number of pyridine rings is 1. The predicted octanol–water partition coefficient (Wildman–Crippen LogP) is 1.27. The lowest BCUT2D eigenvalue weighted by atomic mass is 9.80. The second-order valence-electron chi connectivity index (χ2n) is 4.70. The Morgan fingerprint density at radius 1 is 1.45 bits per heavy atom. The molecular weight excluding hydrogens is 285 g/mol. The van der Waals surface area contributed by atoms with Crippen molar-refractivity contribution in [3.63, 3.8) is 0 Å². The predicted molar refractivity (Wildman–Crippen MR) is 79.1 cm³/mol. The van der Waals surface area contributed by atoms with Gasteiger partial charge in [0, 0.05) is 6.20 Å². The number of aromatic nitrogens is 1. The van der Waals surface area contributed by atoms with Crippen LogP contribution < -0.4 is 10.2 Å². The molecule has 1 aromatic carbocycles. The standard InChI is InChI=1S/C15H14BNO5/c1-2-20-15(18)14-13(4-3-7-17-14)22-11-5-6-12-10(8-11)9-21-16(12)19/h3-8,19H,2,9H2,1H3. The quantitative estimate of drug-likeness (QED) is 0.676. The number of esters is 1. The maximum absolute atomic E-state index is 11.9. The van der Waals surface area contributed by atoms with Gasteiger partial charge >= 0.3 is 13.1 Å². The van der Waals surface area contributed by atoms with Gasteiger partial charge in [0.05, 0.1) is 13.2 Å². The molecule has 0 amide bonds. The van der Waals surface area contributed by atoms with E-state index in [2.05, 4.69) is 4.98 Å². The van der Waals surface area contributed by atoms with Gasteiger partial charge in [-0.15, -0.1) is 0 Å². The molecule has 0 spiro atoms. The summed E-state index contributed by atoms with van der Waals surface area (Å²) >= 11 is 0. The molecule has 2 aromatic rings. The third-order valence-electron chi connectivity index (χ3n) is 3.24. The van der Waals surface area contributed by atoms with Crippen molar-refractivity contribution in [3.8, 4) is 11.5 Å². The van der Waals surface area contributed by atoms with Crippen LogP contribution in [-0.2, 0) is 16.0 Å². The van der Waals surface area contributed by atoms with Crippen LogP contribution in [0, 0.1) is 0 Å². The van der Waals surface area contributed by atoms with Gasteiger partial charge in [0.25, 0.3) is 0 Å². The third kappa shape index (κ3) is 2.81. The molecule has 0 radical (unpaired) electrons. The van der Waals surface area contributed by atoms with Gasteiger partial charge in [-0.2, -0.15) is 0 Å². The van der Waals surface area contributed by atoms with Gasteiger partial charge in [-0.1, -0.05) is 6.07 Å². The molecule has 6 nitrogen and oxygen atoms in total. The molecule has 0 saturated heterocycles. The number of ether oxygens (including phenoxy) is 2. The van der Waals surface area contributed by atoms with E-state index in [4.69, 9.17) is 14.1 Å². The molecule has 2 heterocycles. The fourth-order valence-electron chi connectivity index (χ4n) is 2.22. The van der Waals surface area contributed by atoms with Crippen LogP contribution in [0.3, 0.4) is 0 Å². The van der Waals surface area contributed by atoms with Crippen molar-refractivity contribution in [1.29, 1.82) is 0 Å². The highest BCUT2D eigenvalue weighted by molar-refractivity contribution is 6.61.